The van der Waals surface area contributed by atoms with Gasteiger partial charge in [-0.15, -0.1) is 0 Å². The van der Waals surface area contributed by atoms with Crippen LogP contribution >= 0.6 is 0 Å². The van der Waals surface area contributed by atoms with Gasteiger partial charge in [-0.1, -0.05) is 79.2 Å². The molecule has 2 amide bonds. The third-order valence-corrected chi connectivity index (χ3v) is 7.63. The molecule has 0 aliphatic rings. The number of nitrogens with zero attached hydrogens (tertiary/aromatic N) is 2. The van der Waals surface area contributed by atoms with Gasteiger partial charge in [-0.2, -0.15) is 0 Å². The fraction of sp³-hybridized carbons (Fsp3) is 0.333. The summed E-state index contributed by atoms with van der Waals surface area (Å²) in [5.41, 5.74) is 2.38. The molecule has 3 rings (SSSR count). The Morgan fingerprint density at radius 2 is 1.59 bits per heavy atom. The molecule has 0 spiro atoms. The van der Waals surface area contributed by atoms with Crippen LogP contribution in [0.25, 0.3) is 0 Å². The van der Waals surface area contributed by atoms with Crippen molar-refractivity contribution in [1.82, 2.24) is 10.2 Å². The minimum Gasteiger partial charge on any atom is -0.352 e. The maximum absolute atomic E-state index is 14.7. The van der Waals surface area contributed by atoms with Crippen LogP contribution in [0.5, 0.6) is 0 Å². The van der Waals surface area contributed by atoms with Gasteiger partial charge in [-0.05, 0) is 43.5 Å². The number of amides is 2. The van der Waals surface area contributed by atoms with Gasteiger partial charge in [0, 0.05) is 19.0 Å². The summed E-state index contributed by atoms with van der Waals surface area (Å²) in [6.45, 7) is 5.17. The van der Waals surface area contributed by atoms with Crippen molar-refractivity contribution in [2.24, 2.45) is 0 Å². The SMILES string of the molecule is CC[C@@H](C)NC(=O)[C@H](Cc1ccccc1)N(Cc1cccc(C)c1)C(=O)CN(c1ccccc1F)S(C)(=O)=O. The monoisotopic (exact) mass is 553 g/mol. The number of aryl methyl sites for hydroxylation is 1. The smallest absolute Gasteiger partial charge is 0.244 e. The zero-order valence-electron chi connectivity index (χ0n) is 22.8. The fourth-order valence-electron chi connectivity index (χ4n) is 4.25. The molecule has 0 unspecified atom stereocenters. The summed E-state index contributed by atoms with van der Waals surface area (Å²) in [5.74, 6) is -1.73. The van der Waals surface area contributed by atoms with Gasteiger partial charge >= 0.3 is 0 Å². The maximum Gasteiger partial charge on any atom is 0.244 e. The lowest BCUT2D eigenvalue weighted by Crippen LogP contribution is -2.54. The van der Waals surface area contributed by atoms with E-state index in [0.29, 0.717) is 6.42 Å². The highest BCUT2D eigenvalue weighted by Crippen LogP contribution is 2.23. The van der Waals surface area contributed by atoms with E-state index < -0.39 is 34.3 Å². The number of halogens is 1. The van der Waals surface area contributed by atoms with Crippen molar-refractivity contribution in [1.29, 1.82) is 0 Å². The fourth-order valence-corrected chi connectivity index (χ4v) is 5.10. The first-order chi connectivity index (χ1) is 18.5. The largest absolute Gasteiger partial charge is 0.352 e. The first-order valence-corrected chi connectivity index (χ1v) is 14.8. The molecule has 0 heterocycles. The average molecular weight is 554 g/mol. The molecule has 0 saturated carbocycles. The Bertz CT molecular complexity index is 1380. The van der Waals surface area contributed by atoms with E-state index >= 15 is 0 Å². The molecule has 208 valence electrons. The normalized spacial score (nSPS) is 12.8. The lowest BCUT2D eigenvalue weighted by molar-refractivity contribution is -0.140. The molecule has 0 aliphatic carbocycles. The van der Waals surface area contributed by atoms with Gasteiger partial charge in [0.1, 0.15) is 18.4 Å². The molecule has 2 atom stereocenters. The first kappa shape index (κ1) is 29.8. The van der Waals surface area contributed by atoms with Gasteiger partial charge in [0.25, 0.3) is 0 Å². The number of para-hydroxylation sites is 1. The standard InChI is InChI=1S/C30H36FN3O4S/c1-5-23(3)32-30(36)28(19-24-13-7-6-8-14-24)33(20-25-15-11-12-22(2)18-25)29(35)21-34(39(4,37)38)27-17-10-9-16-26(27)31/h6-18,23,28H,5,19-21H2,1-4H3,(H,32,36)/t23-,28+/m1/s1. The van der Waals surface area contributed by atoms with Gasteiger partial charge in [-0.3, -0.25) is 13.9 Å². The number of nitrogens with one attached hydrogen (secondary N) is 1. The van der Waals surface area contributed by atoms with Crippen molar-refractivity contribution in [2.75, 3.05) is 17.1 Å². The third-order valence-electron chi connectivity index (χ3n) is 6.51. The predicted octanol–water partition coefficient (Wildman–Crippen LogP) is 4.45. The summed E-state index contributed by atoms with van der Waals surface area (Å²) in [4.78, 5) is 29.0. The molecule has 0 bridgehead atoms. The van der Waals surface area contributed by atoms with Crippen LogP contribution in [0.3, 0.4) is 0 Å². The lowest BCUT2D eigenvalue weighted by Gasteiger charge is -2.34. The molecule has 0 saturated heterocycles. The highest BCUT2D eigenvalue weighted by atomic mass is 32.2. The van der Waals surface area contributed by atoms with E-state index in [-0.39, 0.29) is 30.6 Å². The van der Waals surface area contributed by atoms with E-state index in [1.165, 1.54) is 23.1 Å². The molecule has 3 aromatic carbocycles. The van der Waals surface area contributed by atoms with Gasteiger partial charge in [0.05, 0.1) is 11.9 Å². The Morgan fingerprint density at radius 3 is 2.21 bits per heavy atom. The predicted molar refractivity (Wildman–Crippen MR) is 152 cm³/mol. The molecule has 0 aliphatic heterocycles. The van der Waals surface area contributed by atoms with E-state index in [2.05, 4.69) is 5.32 Å². The number of hydrogen-bond acceptors (Lipinski definition) is 4. The quantitative estimate of drug-likeness (QED) is 0.359. The molecule has 3 aromatic rings. The Balaban J connectivity index is 2.07. The molecule has 9 heteroatoms. The number of carbonyl (C=O) groups excluding carboxylic acids is 2. The van der Waals surface area contributed by atoms with Crippen molar-refractivity contribution in [3.8, 4) is 0 Å². The summed E-state index contributed by atoms with van der Waals surface area (Å²) in [7, 11) is -4.03. The molecule has 7 nitrogen and oxygen atoms in total. The van der Waals surface area contributed by atoms with Crippen LogP contribution in [0, 0.1) is 12.7 Å². The van der Waals surface area contributed by atoms with Crippen LogP contribution in [-0.2, 0) is 32.6 Å². The van der Waals surface area contributed by atoms with E-state index in [4.69, 9.17) is 0 Å². The second-order valence-electron chi connectivity index (χ2n) is 9.76. The van der Waals surface area contributed by atoms with E-state index in [0.717, 1.165) is 33.3 Å². The highest BCUT2D eigenvalue weighted by Gasteiger charge is 2.34. The first-order valence-electron chi connectivity index (χ1n) is 12.9. The van der Waals surface area contributed by atoms with Crippen molar-refractivity contribution < 1.29 is 22.4 Å². The molecular weight excluding hydrogens is 517 g/mol. The number of hydrogen-bond donors (Lipinski definition) is 1. The molecule has 0 aromatic heterocycles. The van der Waals surface area contributed by atoms with Crippen molar-refractivity contribution in [3.05, 3.63) is 101 Å². The molecule has 0 radical (unpaired) electrons. The van der Waals surface area contributed by atoms with Gasteiger partial charge in [0.2, 0.25) is 21.8 Å². The number of carbonyl (C=O) groups is 2. The zero-order valence-corrected chi connectivity index (χ0v) is 23.6. The highest BCUT2D eigenvalue weighted by molar-refractivity contribution is 7.92. The molecule has 39 heavy (non-hydrogen) atoms. The van der Waals surface area contributed by atoms with E-state index in [9.17, 15) is 22.4 Å². The summed E-state index contributed by atoms with van der Waals surface area (Å²) in [5, 5.41) is 2.98. The number of sulfonamides is 1. The molecule has 0 fully saturated rings. The second kappa shape index (κ2) is 13.4. The van der Waals surface area contributed by atoms with Crippen LogP contribution in [0.1, 0.15) is 37.0 Å². The topological polar surface area (TPSA) is 86.8 Å². The minimum atomic E-state index is -4.03. The Hall–Kier alpha value is -3.72. The Labute approximate surface area is 230 Å². The summed E-state index contributed by atoms with van der Waals surface area (Å²) < 4.78 is 40.9. The number of anilines is 1. The molecule has 1 N–H and O–H groups in total. The van der Waals surface area contributed by atoms with Crippen LogP contribution in [0.2, 0.25) is 0 Å². The van der Waals surface area contributed by atoms with Crippen LogP contribution in [0.15, 0.2) is 78.9 Å². The van der Waals surface area contributed by atoms with Crippen LogP contribution in [0.4, 0.5) is 10.1 Å². The zero-order chi connectivity index (χ0) is 28.6. The Kier molecular flexibility index (Phi) is 10.2. The molecular formula is C30H36FN3O4S. The van der Waals surface area contributed by atoms with E-state index in [1.807, 2.05) is 75.4 Å². The van der Waals surface area contributed by atoms with Crippen molar-refractivity contribution in [3.63, 3.8) is 0 Å². The number of benzene rings is 3. The summed E-state index contributed by atoms with van der Waals surface area (Å²) in [6, 6.07) is 21.2. The number of rotatable bonds is 12. The van der Waals surface area contributed by atoms with Gasteiger partial charge in [-0.25, -0.2) is 12.8 Å². The van der Waals surface area contributed by atoms with Gasteiger partial charge in [0.15, 0.2) is 0 Å². The van der Waals surface area contributed by atoms with Crippen molar-refractivity contribution in [2.45, 2.75) is 52.2 Å². The third kappa shape index (κ3) is 8.38. The summed E-state index contributed by atoms with van der Waals surface area (Å²) >= 11 is 0. The van der Waals surface area contributed by atoms with Crippen LogP contribution in [-0.4, -0.2) is 50.0 Å². The van der Waals surface area contributed by atoms with Crippen molar-refractivity contribution >= 4 is 27.5 Å². The minimum absolute atomic E-state index is 0.0703. The van der Waals surface area contributed by atoms with E-state index in [1.54, 1.807) is 0 Å². The van der Waals surface area contributed by atoms with Gasteiger partial charge < -0.3 is 10.2 Å². The van der Waals surface area contributed by atoms with Crippen LogP contribution < -0.4 is 9.62 Å². The Morgan fingerprint density at radius 1 is 0.949 bits per heavy atom. The average Bonchev–Trinajstić information content (AvgIpc) is 2.89. The maximum atomic E-state index is 14.7. The second-order valence-corrected chi connectivity index (χ2v) is 11.7. The lowest BCUT2D eigenvalue weighted by atomic mass is 10.0. The summed E-state index contributed by atoms with van der Waals surface area (Å²) in [6.07, 6.45) is 1.85.